The number of hydrogen-bond donors (Lipinski definition) is 1. The third-order valence-corrected chi connectivity index (χ3v) is 9.82. The highest BCUT2D eigenvalue weighted by molar-refractivity contribution is 7.18. The normalized spacial score (nSPS) is 23.9. The van der Waals surface area contributed by atoms with Crippen molar-refractivity contribution >= 4 is 39.1 Å². The van der Waals surface area contributed by atoms with Crippen LogP contribution in [0.15, 0.2) is 30.5 Å². The van der Waals surface area contributed by atoms with Crippen molar-refractivity contribution in [3.8, 4) is 0 Å². The molecule has 38 heavy (non-hydrogen) atoms. The molecule has 2 aromatic heterocycles. The zero-order chi connectivity index (χ0) is 27.2. The lowest BCUT2D eigenvalue weighted by Gasteiger charge is -2.43. The molecule has 0 bridgehead atoms. The standard InChI is InChI=1S/C30H39N5O2S/c1-18-7-9-25(35(17-18)29(37)27(36)32-23-13-19(2)20(3)31-16-23)21-8-10-26-24(14-21)33-28(38-26)22-11-12-34(6)30(4,5)15-22/h8,10,13-14,16,18,22,25H,7,9,11-12,15,17H2,1-6H3,(H,32,36)/t18-,22-,25?/m0/s1. The van der Waals surface area contributed by atoms with Gasteiger partial charge in [0.2, 0.25) is 0 Å². The van der Waals surface area contributed by atoms with Crippen LogP contribution in [0.4, 0.5) is 5.69 Å². The molecule has 3 aromatic rings. The van der Waals surface area contributed by atoms with Crippen LogP contribution < -0.4 is 5.32 Å². The number of aromatic nitrogens is 2. The Labute approximate surface area is 229 Å². The number of likely N-dealkylation sites (tertiary alicyclic amines) is 2. The van der Waals surface area contributed by atoms with Crippen molar-refractivity contribution < 1.29 is 9.59 Å². The van der Waals surface area contributed by atoms with Crippen molar-refractivity contribution in [2.45, 2.75) is 77.8 Å². The molecular weight excluding hydrogens is 494 g/mol. The van der Waals surface area contributed by atoms with Gasteiger partial charge in [-0.15, -0.1) is 11.3 Å². The van der Waals surface area contributed by atoms with Gasteiger partial charge in [0.1, 0.15) is 0 Å². The Morgan fingerprint density at radius 2 is 1.92 bits per heavy atom. The van der Waals surface area contributed by atoms with Gasteiger partial charge in [-0.05, 0) is 102 Å². The first-order valence-electron chi connectivity index (χ1n) is 13.7. The minimum Gasteiger partial charge on any atom is -0.327 e. The van der Waals surface area contributed by atoms with E-state index in [1.807, 2.05) is 19.9 Å². The van der Waals surface area contributed by atoms with Crippen LogP contribution in [0.1, 0.15) is 80.2 Å². The summed E-state index contributed by atoms with van der Waals surface area (Å²) in [6.45, 7) is 12.3. The lowest BCUT2D eigenvalue weighted by molar-refractivity contribution is -0.146. The van der Waals surface area contributed by atoms with Gasteiger partial charge in [0.05, 0.1) is 33.2 Å². The molecule has 1 N–H and O–H groups in total. The molecule has 202 valence electrons. The summed E-state index contributed by atoms with van der Waals surface area (Å²) >= 11 is 1.80. The molecule has 0 spiro atoms. The SMILES string of the molecule is Cc1cc(NC(=O)C(=O)N2C[C@@H](C)CCC2c2ccc3sc([C@H]4CCN(C)C(C)(C)C4)nc3c2)cnc1C. The Balaban J connectivity index is 1.37. The number of aryl methyl sites for hydroxylation is 2. The van der Waals surface area contributed by atoms with Gasteiger partial charge >= 0.3 is 11.8 Å². The van der Waals surface area contributed by atoms with Crippen LogP contribution in [0.3, 0.4) is 0 Å². The van der Waals surface area contributed by atoms with E-state index in [4.69, 9.17) is 4.98 Å². The van der Waals surface area contributed by atoms with E-state index in [-0.39, 0.29) is 11.6 Å². The summed E-state index contributed by atoms with van der Waals surface area (Å²) in [7, 11) is 2.21. The molecule has 0 radical (unpaired) electrons. The number of carbonyl (C=O) groups is 2. The molecule has 7 nitrogen and oxygen atoms in total. The fourth-order valence-corrected chi connectivity index (χ4v) is 6.90. The van der Waals surface area contributed by atoms with Crippen LogP contribution in [0.5, 0.6) is 0 Å². The summed E-state index contributed by atoms with van der Waals surface area (Å²) in [6, 6.07) is 8.12. The average Bonchev–Trinajstić information content (AvgIpc) is 3.31. The first-order valence-corrected chi connectivity index (χ1v) is 14.5. The second kappa shape index (κ2) is 10.4. The van der Waals surface area contributed by atoms with E-state index < -0.39 is 11.8 Å². The number of nitrogens with zero attached hydrogens (tertiary/aromatic N) is 4. The fraction of sp³-hybridized carbons (Fsp3) is 0.533. The number of amides is 2. The molecule has 3 atom stereocenters. The van der Waals surface area contributed by atoms with Crippen molar-refractivity contribution in [3.05, 3.63) is 52.3 Å². The van der Waals surface area contributed by atoms with Gasteiger partial charge in [0.15, 0.2) is 0 Å². The molecule has 0 aliphatic carbocycles. The van der Waals surface area contributed by atoms with E-state index in [9.17, 15) is 9.59 Å². The van der Waals surface area contributed by atoms with Gasteiger partial charge in [-0.2, -0.15) is 0 Å². The minimum atomic E-state index is -0.615. The van der Waals surface area contributed by atoms with Crippen LogP contribution in [-0.2, 0) is 9.59 Å². The monoisotopic (exact) mass is 533 g/mol. The number of piperidine rings is 2. The Kier molecular flexibility index (Phi) is 7.31. The molecule has 4 heterocycles. The minimum absolute atomic E-state index is 0.140. The third kappa shape index (κ3) is 5.34. The molecule has 8 heteroatoms. The van der Waals surface area contributed by atoms with Gasteiger partial charge < -0.3 is 15.1 Å². The van der Waals surface area contributed by atoms with Gasteiger partial charge in [-0.1, -0.05) is 13.0 Å². The van der Waals surface area contributed by atoms with E-state index in [1.165, 1.54) is 9.71 Å². The van der Waals surface area contributed by atoms with E-state index in [1.54, 1.807) is 22.4 Å². The van der Waals surface area contributed by atoms with Gasteiger partial charge in [-0.3, -0.25) is 14.6 Å². The summed E-state index contributed by atoms with van der Waals surface area (Å²) in [4.78, 5) is 40.0. The summed E-state index contributed by atoms with van der Waals surface area (Å²) in [5, 5.41) is 3.98. The number of hydrogen-bond acceptors (Lipinski definition) is 6. The number of nitrogens with one attached hydrogen (secondary N) is 1. The molecule has 2 aliphatic heterocycles. The molecule has 2 fully saturated rings. The Morgan fingerprint density at radius 3 is 2.66 bits per heavy atom. The van der Waals surface area contributed by atoms with E-state index in [0.717, 1.165) is 54.6 Å². The predicted octanol–water partition coefficient (Wildman–Crippen LogP) is 5.83. The highest BCUT2D eigenvalue weighted by Crippen LogP contribution is 2.41. The lowest BCUT2D eigenvalue weighted by atomic mass is 9.83. The zero-order valence-electron chi connectivity index (χ0n) is 23.4. The first-order chi connectivity index (χ1) is 18.0. The van der Waals surface area contributed by atoms with E-state index in [2.05, 4.69) is 61.2 Å². The largest absolute Gasteiger partial charge is 0.327 e. The molecular formula is C30H39N5O2S. The Bertz CT molecular complexity index is 1370. The number of rotatable bonds is 3. The fourth-order valence-electron chi connectivity index (χ4n) is 5.82. The zero-order valence-corrected chi connectivity index (χ0v) is 24.2. The summed E-state index contributed by atoms with van der Waals surface area (Å²) in [5.74, 6) is -0.295. The van der Waals surface area contributed by atoms with Crippen LogP contribution in [0, 0.1) is 19.8 Å². The molecule has 2 amide bonds. The van der Waals surface area contributed by atoms with Gasteiger partial charge in [-0.25, -0.2) is 4.98 Å². The van der Waals surface area contributed by atoms with Crippen molar-refractivity contribution in [2.75, 3.05) is 25.5 Å². The van der Waals surface area contributed by atoms with Crippen LogP contribution in [0.25, 0.3) is 10.2 Å². The topological polar surface area (TPSA) is 78.4 Å². The van der Waals surface area contributed by atoms with Crippen LogP contribution in [0.2, 0.25) is 0 Å². The van der Waals surface area contributed by atoms with E-state index >= 15 is 0 Å². The van der Waals surface area contributed by atoms with Crippen LogP contribution in [-0.4, -0.2) is 57.3 Å². The van der Waals surface area contributed by atoms with Crippen molar-refractivity contribution in [2.24, 2.45) is 5.92 Å². The molecule has 1 aromatic carbocycles. The Morgan fingerprint density at radius 1 is 1.13 bits per heavy atom. The van der Waals surface area contributed by atoms with Crippen LogP contribution >= 0.6 is 11.3 Å². The maximum absolute atomic E-state index is 13.4. The van der Waals surface area contributed by atoms with Gasteiger partial charge in [0, 0.05) is 23.7 Å². The molecule has 0 saturated carbocycles. The quantitative estimate of drug-likeness (QED) is 0.428. The van der Waals surface area contributed by atoms with E-state index in [0.29, 0.717) is 24.1 Å². The summed E-state index contributed by atoms with van der Waals surface area (Å²) in [5.41, 5.74) is 4.63. The first kappa shape index (κ1) is 26.8. The molecule has 2 saturated heterocycles. The van der Waals surface area contributed by atoms with Crippen molar-refractivity contribution in [1.29, 1.82) is 0 Å². The number of benzene rings is 1. The smallest absolute Gasteiger partial charge is 0.313 e. The predicted molar refractivity (Wildman–Crippen MR) is 153 cm³/mol. The number of fused-ring (bicyclic) bond motifs is 1. The molecule has 1 unspecified atom stereocenters. The molecule has 5 rings (SSSR count). The second-order valence-corrected chi connectivity index (χ2v) is 13.0. The van der Waals surface area contributed by atoms with Crippen molar-refractivity contribution in [1.82, 2.24) is 19.8 Å². The number of pyridine rings is 1. The highest BCUT2D eigenvalue weighted by Gasteiger charge is 2.36. The Hall–Kier alpha value is -2.84. The second-order valence-electron chi connectivity index (χ2n) is 11.9. The average molecular weight is 534 g/mol. The maximum atomic E-state index is 13.4. The number of thiazole rings is 1. The number of anilines is 1. The van der Waals surface area contributed by atoms with Crippen molar-refractivity contribution in [3.63, 3.8) is 0 Å². The number of carbonyl (C=O) groups excluding carboxylic acids is 2. The summed E-state index contributed by atoms with van der Waals surface area (Å²) < 4.78 is 1.18. The lowest BCUT2D eigenvalue weighted by Crippen LogP contribution is -2.46. The molecule has 2 aliphatic rings. The third-order valence-electron chi connectivity index (χ3n) is 8.62. The maximum Gasteiger partial charge on any atom is 0.313 e. The van der Waals surface area contributed by atoms with Gasteiger partial charge in [0.25, 0.3) is 0 Å². The summed E-state index contributed by atoms with van der Waals surface area (Å²) in [6.07, 6.45) is 5.67. The highest BCUT2D eigenvalue weighted by atomic mass is 32.1.